The molecule has 2 amide bonds. The predicted octanol–water partition coefficient (Wildman–Crippen LogP) is 8.26. The molecule has 3 rings (SSSR count). The van der Waals surface area contributed by atoms with Crippen LogP contribution in [0.5, 0.6) is 0 Å². The van der Waals surface area contributed by atoms with Crippen molar-refractivity contribution < 1.29 is 4.79 Å². The Balaban J connectivity index is 1.38. The van der Waals surface area contributed by atoms with Crippen molar-refractivity contribution in [2.75, 3.05) is 65.4 Å². The summed E-state index contributed by atoms with van der Waals surface area (Å²) in [7, 11) is 0. The highest BCUT2D eigenvalue weighted by Crippen LogP contribution is 2.29. The van der Waals surface area contributed by atoms with Gasteiger partial charge in [0.05, 0.1) is 0 Å². The van der Waals surface area contributed by atoms with Gasteiger partial charge in [0, 0.05) is 65.4 Å². The van der Waals surface area contributed by atoms with E-state index in [1.165, 1.54) is 122 Å². The molecule has 0 heterocycles. The molecule has 12 heteroatoms. The van der Waals surface area contributed by atoms with Crippen LogP contribution in [-0.4, -0.2) is 99.2 Å². The Morgan fingerprint density at radius 3 is 0.966 bits per heavy atom. The summed E-state index contributed by atoms with van der Waals surface area (Å²) in [5.41, 5.74) is 18.1. The maximum atomic E-state index is 14.3. The van der Waals surface area contributed by atoms with E-state index in [0.717, 1.165) is 141 Å². The summed E-state index contributed by atoms with van der Waals surface area (Å²) in [5.74, 6) is 4.10. The van der Waals surface area contributed by atoms with Gasteiger partial charge >= 0.3 is 6.03 Å². The van der Waals surface area contributed by atoms with Crippen molar-refractivity contribution in [1.82, 2.24) is 25.8 Å². The largest absolute Gasteiger partial charge is 0.370 e. The van der Waals surface area contributed by atoms with E-state index in [9.17, 15) is 4.79 Å². The molecule has 9 N–H and O–H groups in total. The number of nitrogens with two attached hydrogens (primary N) is 3. The van der Waals surface area contributed by atoms with Crippen LogP contribution in [0.3, 0.4) is 0 Å². The third kappa shape index (κ3) is 28.5. The van der Waals surface area contributed by atoms with Crippen molar-refractivity contribution in [3.8, 4) is 0 Å². The van der Waals surface area contributed by atoms with Crippen LogP contribution >= 0.6 is 0 Å². The first-order valence-corrected chi connectivity index (χ1v) is 24.6. The number of amides is 2. The van der Waals surface area contributed by atoms with Gasteiger partial charge in [-0.3, -0.25) is 15.0 Å². The van der Waals surface area contributed by atoms with Gasteiger partial charge in [0.15, 0.2) is 17.9 Å². The van der Waals surface area contributed by atoms with Crippen LogP contribution in [-0.2, 0) is 0 Å². The SMILES string of the molecule is CCCCCCCCN(CCCCCCNC(N)=NCC1CC1)C(=O)N(CCCCCCCCNC(N)=NCC1CC1)CCCCCCCCNC(N)=NCC1CC1. The zero-order valence-electron chi connectivity index (χ0n) is 37.5. The van der Waals surface area contributed by atoms with Crippen LogP contribution < -0.4 is 33.2 Å². The molecular weight excluding hydrogens is 723 g/mol. The van der Waals surface area contributed by atoms with Crippen molar-refractivity contribution in [2.45, 2.75) is 187 Å². The van der Waals surface area contributed by atoms with Gasteiger partial charge in [-0.05, 0) is 101 Å². The van der Waals surface area contributed by atoms with E-state index in [1.54, 1.807) is 0 Å². The number of urea groups is 1. The average molecular weight is 814 g/mol. The molecule has 0 saturated heterocycles. The Morgan fingerprint density at radius 2 is 0.690 bits per heavy atom. The van der Waals surface area contributed by atoms with E-state index in [2.05, 4.69) is 47.7 Å². The summed E-state index contributed by atoms with van der Waals surface area (Å²) < 4.78 is 0. The lowest BCUT2D eigenvalue weighted by Crippen LogP contribution is -2.45. The highest BCUT2D eigenvalue weighted by atomic mass is 16.2. The molecule has 0 aromatic heterocycles. The summed E-state index contributed by atoms with van der Waals surface area (Å²) in [5, 5.41) is 9.85. The summed E-state index contributed by atoms with van der Waals surface area (Å²) in [6, 6.07) is 0.272. The predicted molar refractivity (Wildman–Crippen MR) is 247 cm³/mol. The smallest absolute Gasteiger partial charge is 0.319 e. The van der Waals surface area contributed by atoms with E-state index >= 15 is 0 Å². The van der Waals surface area contributed by atoms with Gasteiger partial charge in [0.2, 0.25) is 0 Å². The second-order valence-corrected chi connectivity index (χ2v) is 18.0. The van der Waals surface area contributed by atoms with Crippen LogP contribution in [0.4, 0.5) is 4.79 Å². The van der Waals surface area contributed by atoms with Gasteiger partial charge in [0.25, 0.3) is 0 Å². The van der Waals surface area contributed by atoms with E-state index < -0.39 is 0 Å². The quantitative estimate of drug-likeness (QED) is 0.0207. The summed E-state index contributed by atoms with van der Waals surface area (Å²) in [4.78, 5) is 32.1. The van der Waals surface area contributed by atoms with Gasteiger partial charge in [-0.1, -0.05) is 103 Å². The normalized spacial score (nSPS) is 16.1. The molecule has 0 aliphatic heterocycles. The fraction of sp³-hybridized carbons (Fsp3) is 0.913. The molecule has 0 unspecified atom stereocenters. The molecule has 0 aromatic rings. The Morgan fingerprint density at radius 1 is 0.431 bits per heavy atom. The van der Waals surface area contributed by atoms with Crippen LogP contribution in [0, 0.1) is 17.8 Å². The highest BCUT2D eigenvalue weighted by Gasteiger charge is 2.22. The molecule has 3 fully saturated rings. The van der Waals surface area contributed by atoms with E-state index in [0.29, 0.717) is 17.9 Å². The molecule has 0 aromatic carbocycles. The molecule has 58 heavy (non-hydrogen) atoms. The maximum Gasteiger partial charge on any atom is 0.319 e. The van der Waals surface area contributed by atoms with Gasteiger partial charge in [-0.2, -0.15) is 0 Å². The van der Waals surface area contributed by atoms with Crippen molar-refractivity contribution in [3.63, 3.8) is 0 Å². The Labute approximate surface area is 355 Å². The number of hydrogen-bond donors (Lipinski definition) is 6. The fourth-order valence-corrected chi connectivity index (χ4v) is 7.34. The first-order chi connectivity index (χ1) is 28.4. The maximum absolute atomic E-state index is 14.3. The lowest BCUT2D eigenvalue weighted by atomic mass is 10.1. The summed E-state index contributed by atoms with van der Waals surface area (Å²) >= 11 is 0. The van der Waals surface area contributed by atoms with Crippen LogP contribution in [0.1, 0.15) is 187 Å². The molecule has 3 aliphatic rings. The topological polar surface area (TPSA) is 175 Å². The van der Waals surface area contributed by atoms with Crippen LogP contribution in [0.15, 0.2) is 15.0 Å². The summed E-state index contributed by atoms with van der Waals surface area (Å²) in [6.07, 6.45) is 33.7. The lowest BCUT2D eigenvalue weighted by molar-refractivity contribution is 0.148. The van der Waals surface area contributed by atoms with Crippen molar-refractivity contribution in [2.24, 2.45) is 49.9 Å². The first-order valence-electron chi connectivity index (χ1n) is 24.6. The van der Waals surface area contributed by atoms with Crippen LogP contribution in [0.2, 0.25) is 0 Å². The second kappa shape index (κ2) is 32.9. The number of aliphatic imine (C=N–C) groups is 3. The first kappa shape index (κ1) is 49.4. The molecule has 0 radical (unpaired) electrons. The van der Waals surface area contributed by atoms with Gasteiger partial charge in [-0.15, -0.1) is 0 Å². The fourth-order valence-electron chi connectivity index (χ4n) is 7.34. The molecular formula is C46H91N11O. The number of nitrogens with one attached hydrogen (secondary N) is 3. The highest BCUT2D eigenvalue weighted by molar-refractivity contribution is 5.78. The number of hydrogen-bond acceptors (Lipinski definition) is 4. The number of nitrogens with zero attached hydrogens (tertiary/aromatic N) is 5. The Kier molecular flexibility index (Phi) is 28.0. The lowest BCUT2D eigenvalue weighted by Gasteiger charge is -2.31. The number of unbranched alkanes of at least 4 members (excludes halogenated alkanes) is 18. The van der Waals surface area contributed by atoms with E-state index in [-0.39, 0.29) is 6.03 Å². The van der Waals surface area contributed by atoms with Gasteiger partial charge in [-0.25, -0.2) is 4.79 Å². The van der Waals surface area contributed by atoms with Crippen molar-refractivity contribution in [3.05, 3.63) is 0 Å². The molecule has 0 bridgehead atoms. The number of guanidine groups is 3. The standard InChI is InChI=1S/C46H91N11O/c1-2-3-4-5-13-20-33-57(36-23-16-12-19-32-52-45(49)55-39-42-28-29-42)46(58)56(34-21-14-8-6-10-17-30-50-43(47)53-37-40-24-25-40)35-22-15-9-7-11-18-31-51-44(48)54-38-41-26-27-41/h40-42H,2-39H2,1H3,(H3,47,50,53)(H3,48,51,54)(H3,49,52,55). The molecule has 3 aliphatic carbocycles. The molecule has 0 atom stereocenters. The summed E-state index contributed by atoms with van der Waals surface area (Å²) in [6.45, 7) is 11.0. The zero-order valence-corrected chi connectivity index (χ0v) is 37.5. The minimum absolute atomic E-state index is 0.272. The third-order valence-electron chi connectivity index (χ3n) is 12.0. The molecule has 3 saturated carbocycles. The zero-order chi connectivity index (χ0) is 41.3. The monoisotopic (exact) mass is 814 g/mol. The third-order valence-corrected chi connectivity index (χ3v) is 12.0. The second-order valence-electron chi connectivity index (χ2n) is 18.0. The van der Waals surface area contributed by atoms with Crippen molar-refractivity contribution >= 4 is 23.9 Å². The van der Waals surface area contributed by atoms with Crippen molar-refractivity contribution in [1.29, 1.82) is 0 Å². The average Bonchev–Trinajstić information content (AvgIpc) is 4.06. The van der Waals surface area contributed by atoms with Gasteiger partial charge < -0.3 is 43.0 Å². The number of rotatable bonds is 38. The van der Waals surface area contributed by atoms with E-state index in [4.69, 9.17) is 17.2 Å². The van der Waals surface area contributed by atoms with E-state index in [1.807, 2.05) is 0 Å². The van der Waals surface area contributed by atoms with Crippen LogP contribution in [0.25, 0.3) is 0 Å². The molecule has 0 spiro atoms. The Bertz CT molecular complexity index is 1070. The minimum atomic E-state index is 0.272. The number of carbonyl (C=O) groups excluding carboxylic acids is 1. The minimum Gasteiger partial charge on any atom is -0.370 e. The Hall–Kier alpha value is -2.92. The van der Waals surface area contributed by atoms with Gasteiger partial charge in [0.1, 0.15) is 0 Å². The molecule has 12 nitrogen and oxygen atoms in total. The molecule has 336 valence electrons. The number of carbonyl (C=O) groups is 1.